The lowest BCUT2D eigenvalue weighted by Gasteiger charge is -2.15. The summed E-state index contributed by atoms with van der Waals surface area (Å²) in [4.78, 5) is 17.2. The first-order valence-corrected chi connectivity index (χ1v) is 11.7. The standard InChI is InChI=1S/C21H19N5O3S2/c1-14(26-31(28,29)18-12-7-13-30-18)21(27)22-17-11-6-5-10-16(17)20-23-19(24-25-20)15-8-3-2-4-9-15/h2-14,26H,1H3,(H,22,27)(H,23,24,25). The number of hydrogen-bond donors (Lipinski definition) is 3. The summed E-state index contributed by atoms with van der Waals surface area (Å²) in [5.74, 6) is 0.533. The van der Waals surface area contributed by atoms with Gasteiger partial charge in [-0.3, -0.25) is 9.89 Å². The van der Waals surface area contributed by atoms with Crippen LogP contribution in [0, 0.1) is 0 Å². The molecule has 0 aliphatic rings. The number of sulfonamides is 1. The van der Waals surface area contributed by atoms with Gasteiger partial charge in [0.25, 0.3) is 10.0 Å². The van der Waals surface area contributed by atoms with E-state index in [1.54, 1.807) is 29.6 Å². The molecular weight excluding hydrogens is 434 g/mol. The minimum atomic E-state index is -3.76. The van der Waals surface area contributed by atoms with E-state index in [1.165, 1.54) is 13.0 Å². The minimum absolute atomic E-state index is 0.155. The highest BCUT2D eigenvalue weighted by molar-refractivity contribution is 7.91. The number of benzene rings is 2. The molecule has 0 spiro atoms. The normalized spacial score (nSPS) is 12.4. The molecule has 10 heteroatoms. The number of amides is 1. The molecule has 0 saturated heterocycles. The largest absolute Gasteiger partial charge is 0.324 e. The topological polar surface area (TPSA) is 117 Å². The number of aromatic amines is 1. The number of rotatable bonds is 7. The molecule has 2 aromatic carbocycles. The summed E-state index contributed by atoms with van der Waals surface area (Å²) in [6.45, 7) is 1.49. The maximum absolute atomic E-state index is 12.7. The van der Waals surface area contributed by atoms with Gasteiger partial charge in [-0.2, -0.15) is 9.82 Å². The third-order valence-electron chi connectivity index (χ3n) is 4.44. The van der Waals surface area contributed by atoms with Gasteiger partial charge in [0.2, 0.25) is 5.91 Å². The first-order chi connectivity index (χ1) is 14.9. The summed E-state index contributed by atoms with van der Waals surface area (Å²) < 4.78 is 27.3. The van der Waals surface area contributed by atoms with E-state index in [-0.39, 0.29) is 4.21 Å². The first kappa shape index (κ1) is 20.9. The Balaban J connectivity index is 1.53. The average molecular weight is 454 g/mol. The van der Waals surface area contributed by atoms with Crippen molar-refractivity contribution in [2.45, 2.75) is 17.2 Å². The zero-order valence-corrected chi connectivity index (χ0v) is 18.1. The van der Waals surface area contributed by atoms with Crippen molar-refractivity contribution in [2.24, 2.45) is 0 Å². The lowest BCUT2D eigenvalue weighted by atomic mass is 10.1. The Hall–Kier alpha value is -3.34. The molecule has 1 atom stereocenters. The summed E-state index contributed by atoms with van der Waals surface area (Å²) in [6, 6.07) is 18.8. The number of nitrogens with zero attached hydrogens (tertiary/aromatic N) is 2. The highest BCUT2D eigenvalue weighted by Crippen LogP contribution is 2.27. The number of H-pyrrole nitrogens is 1. The molecule has 2 aromatic heterocycles. The molecule has 0 aliphatic carbocycles. The lowest BCUT2D eigenvalue weighted by molar-refractivity contribution is -0.117. The number of thiophene rings is 1. The summed E-state index contributed by atoms with van der Waals surface area (Å²) in [5.41, 5.74) is 1.99. The summed E-state index contributed by atoms with van der Waals surface area (Å²) >= 11 is 1.09. The molecule has 1 unspecified atom stereocenters. The molecule has 8 nitrogen and oxygen atoms in total. The third kappa shape index (κ3) is 4.71. The molecule has 158 valence electrons. The smallest absolute Gasteiger partial charge is 0.250 e. The van der Waals surface area contributed by atoms with E-state index in [2.05, 4.69) is 25.2 Å². The van der Waals surface area contributed by atoms with Gasteiger partial charge in [-0.25, -0.2) is 13.4 Å². The van der Waals surface area contributed by atoms with Crippen molar-refractivity contribution in [1.29, 1.82) is 0 Å². The number of hydrogen-bond acceptors (Lipinski definition) is 6. The SMILES string of the molecule is CC(NS(=O)(=O)c1cccs1)C(=O)Nc1ccccc1-c1nc(-c2ccccc2)n[nH]1. The van der Waals surface area contributed by atoms with Crippen LogP contribution in [0.15, 0.2) is 76.3 Å². The summed E-state index contributed by atoms with van der Waals surface area (Å²) in [7, 11) is -3.76. The van der Waals surface area contributed by atoms with Crippen LogP contribution in [0.25, 0.3) is 22.8 Å². The van der Waals surface area contributed by atoms with Crippen molar-refractivity contribution in [2.75, 3.05) is 5.32 Å². The highest BCUT2D eigenvalue weighted by atomic mass is 32.2. The van der Waals surface area contributed by atoms with Crippen LogP contribution in [0.5, 0.6) is 0 Å². The molecule has 0 radical (unpaired) electrons. The second kappa shape index (κ2) is 8.80. The number of para-hydroxylation sites is 1. The van der Waals surface area contributed by atoms with Gasteiger partial charge in [0.15, 0.2) is 11.6 Å². The van der Waals surface area contributed by atoms with Gasteiger partial charge in [0, 0.05) is 11.1 Å². The number of carbonyl (C=O) groups excluding carboxylic acids is 1. The van der Waals surface area contributed by atoms with Gasteiger partial charge in [-0.1, -0.05) is 48.5 Å². The first-order valence-electron chi connectivity index (χ1n) is 9.38. The van der Waals surface area contributed by atoms with E-state index in [4.69, 9.17) is 0 Å². The number of aromatic nitrogens is 3. The summed E-state index contributed by atoms with van der Waals surface area (Å²) in [5, 5.41) is 11.6. The van der Waals surface area contributed by atoms with Gasteiger partial charge < -0.3 is 5.32 Å². The monoisotopic (exact) mass is 453 g/mol. The molecular formula is C21H19N5O3S2. The number of anilines is 1. The predicted octanol–water partition coefficient (Wildman–Crippen LogP) is 3.51. The fourth-order valence-corrected chi connectivity index (χ4v) is 5.11. The second-order valence-corrected chi connectivity index (χ2v) is 9.57. The van der Waals surface area contributed by atoms with Gasteiger partial charge in [0.1, 0.15) is 4.21 Å². The van der Waals surface area contributed by atoms with E-state index < -0.39 is 22.0 Å². The maximum atomic E-state index is 12.7. The van der Waals surface area contributed by atoms with Crippen molar-refractivity contribution in [1.82, 2.24) is 19.9 Å². The Morgan fingerprint density at radius 1 is 1.03 bits per heavy atom. The van der Waals surface area contributed by atoms with Crippen LogP contribution >= 0.6 is 11.3 Å². The molecule has 2 heterocycles. The fourth-order valence-electron chi connectivity index (χ4n) is 2.90. The molecule has 0 saturated carbocycles. The van der Waals surface area contributed by atoms with E-state index >= 15 is 0 Å². The Morgan fingerprint density at radius 3 is 2.52 bits per heavy atom. The highest BCUT2D eigenvalue weighted by Gasteiger charge is 2.23. The van der Waals surface area contributed by atoms with Crippen LogP contribution < -0.4 is 10.0 Å². The van der Waals surface area contributed by atoms with E-state index in [0.717, 1.165) is 16.9 Å². The van der Waals surface area contributed by atoms with E-state index in [0.29, 0.717) is 22.9 Å². The zero-order valence-electron chi connectivity index (χ0n) is 16.4. The van der Waals surface area contributed by atoms with Gasteiger partial charge in [0.05, 0.1) is 11.7 Å². The number of nitrogens with one attached hydrogen (secondary N) is 3. The molecule has 0 bridgehead atoms. The van der Waals surface area contributed by atoms with Crippen molar-refractivity contribution >= 4 is 33.0 Å². The number of carbonyl (C=O) groups is 1. The van der Waals surface area contributed by atoms with Crippen LogP contribution in [0.1, 0.15) is 6.92 Å². The third-order valence-corrected chi connectivity index (χ3v) is 7.38. The van der Waals surface area contributed by atoms with Crippen molar-refractivity contribution < 1.29 is 13.2 Å². The Morgan fingerprint density at radius 2 is 1.77 bits per heavy atom. The van der Waals surface area contributed by atoms with Crippen LogP contribution in [-0.4, -0.2) is 35.5 Å². The van der Waals surface area contributed by atoms with Crippen LogP contribution in [0.2, 0.25) is 0 Å². The van der Waals surface area contributed by atoms with Gasteiger partial charge in [-0.15, -0.1) is 11.3 Å². The zero-order chi connectivity index (χ0) is 21.8. The van der Waals surface area contributed by atoms with Crippen molar-refractivity contribution in [3.63, 3.8) is 0 Å². The maximum Gasteiger partial charge on any atom is 0.250 e. The van der Waals surface area contributed by atoms with Crippen molar-refractivity contribution in [3.8, 4) is 22.8 Å². The molecule has 4 aromatic rings. The summed E-state index contributed by atoms with van der Waals surface area (Å²) in [6.07, 6.45) is 0. The van der Waals surface area contributed by atoms with Crippen LogP contribution in [0.4, 0.5) is 5.69 Å². The van der Waals surface area contributed by atoms with E-state index in [1.807, 2.05) is 36.4 Å². The quantitative estimate of drug-likeness (QED) is 0.396. The second-order valence-electron chi connectivity index (χ2n) is 6.68. The molecule has 0 aliphatic heterocycles. The minimum Gasteiger partial charge on any atom is -0.324 e. The van der Waals surface area contributed by atoms with Crippen LogP contribution in [0.3, 0.4) is 0 Å². The van der Waals surface area contributed by atoms with Gasteiger partial charge in [-0.05, 0) is 30.5 Å². The lowest BCUT2D eigenvalue weighted by Crippen LogP contribution is -2.41. The Kier molecular flexibility index (Phi) is 5.94. The fraction of sp³-hybridized carbons (Fsp3) is 0.0952. The molecule has 4 rings (SSSR count). The molecule has 3 N–H and O–H groups in total. The Bertz CT molecular complexity index is 1290. The molecule has 31 heavy (non-hydrogen) atoms. The van der Waals surface area contributed by atoms with Gasteiger partial charge >= 0.3 is 0 Å². The molecule has 0 fully saturated rings. The average Bonchev–Trinajstić information content (AvgIpc) is 3.47. The van der Waals surface area contributed by atoms with E-state index in [9.17, 15) is 13.2 Å². The van der Waals surface area contributed by atoms with Crippen LogP contribution in [-0.2, 0) is 14.8 Å². The van der Waals surface area contributed by atoms with Crippen molar-refractivity contribution in [3.05, 3.63) is 72.1 Å². The Labute approximate surface area is 183 Å². The molecule has 1 amide bonds. The predicted molar refractivity (Wildman–Crippen MR) is 120 cm³/mol.